The average Bonchev–Trinajstić information content (AvgIpc) is 3.19. The summed E-state index contributed by atoms with van der Waals surface area (Å²) < 4.78 is 11.2. The predicted molar refractivity (Wildman–Crippen MR) is 111 cm³/mol. The van der Waals surface area contributed by atoms with Crippen LogP contribution < -0.4 is 10.1 Å². The number of fused-ring (bicyclic) bond motifs is 1. The number of aromatic nitrogens is 2. The zero-order valence-corrected chi connectivity index (χ0v) is 17.1. The Morgan fingerprint density at radius 3 is 3.03 bits per heavy atom. The molecule has 29 heavy (non-hydrogen) atoms. The molecule has 6 nitrogen and oxygen atoms in total. The first kappa shape index (κ1) is 19.5. The van der Waals surface area contributed by atoms with Gasteiger partial charge in [-0.1, -0.05) is 48.2 Å². The lowest BCUT2D eigenvalue weighted by Gasteiger charge is -2.26. The largest absolute Gasteiger partial charge is 0.484 e. The number of nitrogens with zero attached hydrogens (tertiary/aromatic N) is 2. The average molecular weight is 410 g/mol. The third-order valence-corrected chi connectivity index (χ3v) is 5.65. The van der Waals surface area contributed by atoms with E-state index in [2.05, 4.69) is 33.7 Å². The maximum atomic E-state index is 12.4. The number of thioether (sulfide) groups is 1. The van der Waals surface area contributed by atoms with Crippen molar-refractivity contribution in [2.24, 2.45) is 0 Å². The van der Waals surface area contributed by atoms with E-state index in [9.17, 15) is 4.79 Å². The monoisotopic (exact) mass is 409 g/mol. The van der Waals surface area contributed by atoms with Gasteiger partial charge in [0, 0.05) is 0 Å². The summed E-state index contributed by atoms with van der Waals surface area (Å²) >= 11 is 1.24. The van der Waals surface area contributed by atoms with Crippen molar-refractivity contribution in [2.75, 3.05) is 5.75 Å². The second-order valence-corrected chi connectivity index (χ2v) is 7.99. The van der Waals surface area contributed by atoms with Gasteiger partial charge in [0.15, 0.2) is 6.61 Å². The minimum atomic E-state index is -0.0348. The Hall–Kier alpha value is -2.80. The van der Waals surface area contributed by atoms with Crippen molar-refractivity contribution >= 4 is 17.7 Å². The van der Waals surface area contributed by atoms with Crippen LogP contribution in [0.15, 0.2) is 58.2 Å². The zero-order valence-electron chi connectivity index (χ0n) is 16.3. The van der Waals surface area contributed by atoms with Gasteiger partial charge in [0.1, 0.15) is 5.75 Å². The third kappa shape index (κ3) is 5.17. The molecule has 4 rings (SSSR count). The smallest absolute Gasteiger partial charge is 0.277 e. The van der Waals surface area contributed by atoms with Crippen LogP contribution in [0.3, 0.4) is 0 Å². The molecule has 1 N–H and O–H groups in total. The molecule has 1 aliphatic carbocycles. The second kappa shape index (κ2) is 9.13. The number of ether oxygens (including phenoxy) is 1. The quantitative estimate of drug-likeness (QED) is 0.588. The van der Waals surface area contributed by atoms with Crippen molar-refractivity contribution in [2.45, 2.75) is 44.1 Å². The van der Waals surface area contributed by atoms with E-state index in [4.69, 9.17) is 9.15 Å². The van der Waals surface area contributed by atoms with Gasteiger partial charge in [-0.15, -0.1) is 10.2 Å². The van der Waals surface area contributed by atoms with E-state index in [1.54, 1.807) is 0 Å². The van der Waals surface area contributed by atoms with Gasteiger partial charge in [0.2, 0.25) is 5.91 Å². The van der Waals surface area contributed by atoms with Crippen LogP contribution in [0.4, 0.5) is 0 Å². The SMILES string of the molecule is Cc1cccc(OCc2nnc(SCC(=O)NC3CCCc4ccccc43)o2)c1. The van der Waals surface area contributed by atoms with E-state index < -0.39 is 0 Å². The first-order valence-corrected chi connectivity index (χ1v) is 10.7. The van der Waals surface area contributed by atoms with Crippen LogP contribution in [-0.4, -0.2) is 21.9 Å². The lowest BCUT2D eigenvalue weighted by molar-refractivity contribution is -0.119. The first-order valence-electron chi connectivity index (χ1n) is 9.69. The Bertz CT molecular complexity index is 989. The van der Waals surface area contributed by atoms with Crippen molar-refractivity contribution in [3.63, 3.8) is 0 Å². The number of hydrogen-bond acceptors (Lipinski definition) is 6. The highest BCUT2D eigenvalue weighted by molar-refractivity contribution is 7.99. The van der Waals surface area contributed by atoms with Crippen LogP contribution in [0.25, 0.3) is 0 Å². The zero-order chi connectivity index (χ0) is 20.1. The Morgan fingerprint density at radius 2 is 2.14 bits per heavy atom. The summed E-state index contributed by atoms with van der Waals surface area (Å²) in [6.07, 6.45) is 3.13. The molecule has 0 fully saturated rings. The van der Waals surface area contributed by atoms with Gasteiger partial charge >= 0.3 is 0 Å². The number of hydrogen-bond donors (Lipinski definition) is 1. The molecule has 3 aromatic rings. The fourth-order valence-corrected chi connectivity index (χ4v) is 4.06. The Morgan fingerprint density at radius 1 is 1.24 bits per heavy atom. The van der Waals surface area contributed by atoms with Crippen LogP contribution in [-0.2, 0) is 17.8 Å². The number of amides is 1. The molecule has 2 aromatic carbocycles. The van der Waals surface area contributed by atoms with Crippen LogP contribution in [0.2, 0.25) is 0 Å². The summed E-state index contributed by atoms with van der Waals surface area (Å²) in [6.45, 7) is 2.20. The second-order valence-electron chi connectivity index (χ2n) is 7.07. The number of carbonyl (C=O) groups excluding carboxylic acids is 1. The molecular weight excluding hydrogens is 386 g/mol. The molecule has 1 aliphatic rings. The van der Waals surface area contributed by atoms with Gasteiger partial charge in [0.05, 0.1) is 11.8 Å². The number of benzene rings is 2. The van der Waals surface area contributed by atoms with Crippen molar-refractivity contribution in [3.05, 3.63) is 71.1 Å². The lowest BCUT2D eigenvalue weighted by Crippen LogP contribution is -2.32. The van der Waals surface area contributed by atoms with Crippen LogP contribution in [0.5, 0.6) is 5.75 Å². The summed E-state index contributed by atoms with van der Waals surface area (Å²) in [7, 11) is 0. The van der Waals surface area contributed by atoms with Crippen molar-refractivity contribution in [1.29, 1.82) is 0 Å². The summed E-state index contributed by atoms with van der Waals surface area (Å²) in [5.74, 6) is 1.34. The number of carbonyl (C=O) groups is 1. The van der Waals surface area contributed by atoms with E-state index in [1.807, 2.05) is 37.3 Å². The summed E-state index contributed by atoms with van der Waals surface area (Å²) in [5, 5.41) is 11.5. The molecule has 150 valence electrons. The molecule has 0 saturated heterocycles. The predicted octanol–water partition coefficient (Wildman–Crippen LogP) is 4.24. The molecular formula is C22H23N3O3S. The van der Waals surface area contributed by atoms with E-state index in [-0.39, 0.29) is 24.3 Å². The van der Waals surface area contributed by atoms with Gasteiger partial charge in [-0.2, -0.15) is 0 Å². The molecule has 0 spiro atoms. The normalized spacial score (nSPS) is 15.6. The molecule has 0 aliphatic heterocycles. The highest BCUT2D eigenvalue weighted by Crippen LogP contribution is 2.29. The Labute approximate surface area is 174 Å². The minimum Gasteiger partial charge on any atom is -0.484 e. The Balaban J connectivity index is 1.26. The molecule has 1 heterocycles. The molecule has 0 saturated carbocycles. The van der Waals surface area contributed by atoms with Gasteiger partial charge < -0.3 is 14.5 Å². The molecule has 1 unspecified atom stereocenters. The van der Waals surface area contributed by atoms with E-state index in [0.29, 0.717) is 11.1 Å². The molecule has 1 aromatic heterocycles. The van der Waals surface area contributed by atoms with Crippen LogP contribution in [0, 0.1) is 6.92 Å². The first-order chi connectivity index (χ1) is 14.2. The summed E-state index contributed by atoms with van der Waals surface area (Å²) in [6, 6.07) is 16.2. The maximum Gasteiger partial charge on any atom is 0.277 e. The highest BCUT2D eigenvalue weighted by atomic mass is 32.2. The van der Waals surface area contributed by atoms with E-state index in [1.165, 1.54) is 22.9 Å². The molecule has 1 atom stereocenters. The Kier molecular flexibility index (Phi) is 6.14. The van der Waals surface area contributed by atoms with Crippen molar-refractivity contribution in [3.8, 4) is 5.75 Å². The van der Waals surface area contributed by atoms with E-state index >= 15 is 0 Å². The number of nitrogens with one attached hydrogen (secondary N) is 1. The number of aryl methyl sites for hydroxylation is 2. The highest BCUT2D eigenvalue weighted by Gasteiger charge is 2.21. The van der Waals surface area contributed by atoms with Crippen molar-refractivity contribution < 1.29 is 13.9 Å². The van der Waals surface area contributed by atoms with Gasteiger partial charge in [-0.3, -0.25) is 4.79 Å². The molecule has 0 radical (unpaired) electrons. The van der Waals surface area contributed by atoms with Gasteiger partial charge in [0.25, 0.3) is 11.1 Å². The van der Waals surface area contributed by atoms with E-state index in [0.717, 1.165) is 30.6 Å². The van der Waals surface area contributed by atoms with Gasteiger partial charge in [-0.05, 0) is 55.0 Å². The fourth-order valence-electron chi connectivity index (χ4n) is 3.47. The standard InChI is InChI=1S/C22H23N3O3S/c1-15-6-4-9-17(12-15)27-13-21-24-25-22(28-21)29-14-20(26)23-19-11-5-8-16-7-2-3-10-18(16)19/h2-4,6-7,9-10,12,19H,5,8,11,13-14H2,1H3,(H,23,26). The molecule has 1 amide bonds. The number of rotatable bonds is 7. The van der Waals surface area contributed by atoms with Crippen LogP contribution in [0.1, 0.15) is 41.5 Å². The van der Waals surface area contributed by atoms with Crippen molar-refractivity contribution in [1.82, 2.24) is 15.5 Å². The molecule has 0 bridgehead atoms. The molecule has 7 heteroatoms. The fraction of sp³-hybridized carbons (Fsp3) is 0.318. The topological polar surface area (TPSA) is 77.2 Å². The minimum absolute atomic E-state index is 0.0348. The third-order valence-electron chi connectivity index (χ3n) is 4.83. The lowest BCUT2D eigenvalue weighted by atomic mass is 9.88. The summed E-state index contributed by atoms with van der Waals surface area (Å²) in [4.78, 5) is 12.4. The van der Waals surface area contributed by atoms with Gasteiger partial charge in [-0.25, -0.2) is 0 Å². The van der Waals surface area contributed by atoms with Crippen LogP contribution >= 0.6 is 11.8 Å². The summed E-state index contributed by atoms with van der Waals surface area (Å²) in [5.41, 5.74) is 3.67. The maximum absolute atomic E-state index is 12.4.